The van der Waals surface area contributed by atoms with Crippen molar-refractivity contribution in [3.63, 3.8) is 0 Å². The predicted octanol–water partition coefficient (Wildman–Crippen LogP) is 8.47. The average Bonchev–Trinajstić information content (AvgIpc) is 3.39. The van der Waals surface area contributed by atoms with Crippen molar-refractivity contribution in [3.8, 4) is 33.8 Å². The normalized spacial score (nSPS) is 11.6. The van der Waals surface area contributed by atoms with Crippen molar-refractivity contribution < 1.29 is 0 Å². The summed E-state index contributed by atoms with van der Waals surface area (Å²) >= 11 is 1.37. The topological polar surface area (TPSA) is 76.6 Å². The summed E-state index contributed by atoms with van der Waals surface area (Å²) in [5.41, 5.74) is 11.8. The second-order valence-corrected chi connectivity index (χ2v) is 10.7. The number of anilines is 3. The Bertz CT molecular complexity index is 1880. The Balaban J connectivity index is 1.63. The van der Waals surface area contributed by atoms with E-state index in [2.05, 4.69) is 103 Å². The molecule has 1 aromatic heterocycles. The highest BCUT2D eigenvalue weighted by molar-refractivity contribution is 7.15. The fourth-order valence-electron chi connectivity index (χ4n) is 5.07. The van der Waals surface area contributed by atoms with Crippen molar-refractivity contribution in [2.75, 3.05) is 4.90 Å². The molecule has 1 aliphatic rings. The third-order valence-corrected chi connectivity index (χ3v) is 8.23. The lowest BCUT2D eigenvalue weighted by Crippen LogP contribution is -2.16. The molecule has 182 valence electrons. The van der Waals surface area contributed by atoms with E-state index in [1.165, 1.54) is 61.9 Å². The predicted molar refractivity (Wildman–Crippen MR) is 155 cm³/mol. The molecule has 0 amide bonds. The molecular weight excluding hydrogens is 486 g/mol. The number of rotatable bonds is 3. The van der Waals surface area contributed by atoms with Gasteiger partial charge >= 0.3 is 0 Å². The van der Waals surface area contributed by atoms with Gasteiger partial charge in [0.2, 0.25) is 0 Å². The molecule has 2 heterocycles. The first kappa shape index (κ1) is 23.6. The minimum absolute atomic E-state index is 0.0101. The minimum Gasteiger partial charge on any atom is -0.309 e. The van der Waals surface area contributed by atoms with Gasteiger partial charge in [0.05, 0.1) is 11.4 Å². The quantitative estimate of drug-likeness (QED) is 0.224. The highest BCUT2D eigenvalue weighted by atomic mass is 32.1. The van der Waals surface area contributed by atoms with E-state index in [-0.39, 0.29) is 5.57 Å². The Morgan fingerprint density at radius 2 is 1.53 bits per heavy atom. The third-order valence-electron chi connectivity index (χ3n) is 7.33. The molecule has 1 aliphatic heterocycles. The Labute approximate surface area is 225 Å². The molecule has 0 N–H and O–H groups in total. The summed E-state index contributed by atoms with van der Waals surface area (Å²) in [5.74, 6) is 0. The monoisotopic (exact) mass is 509 g/mol. The van der Waals surface area contributed by atoms with Crippen molar-refractivity contribution in [2.24, 2.45) is 0 Å². The number of nitriles is 2. The average molecular weight is 510 g/mol. The molecule has 0 atom stereocenters. The van der Waals surface area contributed by atoms with Crippen LogP contribution in [0.25, 0.3) is 38.5 Å². The summed E-state index contributed by atoms with van der Waals surface area (Å²) in [5, 5.41) is 30.4. The standard InChI is InChI=1S/C32H23N5S/c1-18-8-9-23(12-19(18)2)37-28-11-10-26(32-36-35-30(38-32)15-22(16-33)17-34)24-6-5-7-25(31(24)28)27-13-20(3)21(4)14-29(27)37/h5-15H,1-4H3. The number of aromatic nitrogens is 2. The number of nitrogens with zero attached hydrogens (tertiary/aromatic N) is 5. The Morgan fingerprint density at radius 1 is 0.763 bits per heavy atom. The zero-order chi connectivity index (χ0) is 26.6. The van der Waals surface area contributed by atoms with E-state index in [0.29, 0.717) is 5.01 Å². The molecule has 4 aromatic carbocycles. The second-order valence-electron chi connectivity index (χ2n) is 9.65. The van der Waals surface area contributed by atoms with E-state index in [9.17, 15) is 0 Å². The van der Waals surface area contributed by atoms with E-state index >= 15 is 0 Å². The molecule has 5 aromatic rings. The van der Waals surface area contributed by atoms with Crippen LogP contribution >= 0.6 is 11.3 Å². The van der Waals surface area contributed by atoms with Gasteiger partial charge in [0.1, 0.15) is 27.7 Å². The summed E-state index contributed by atoms with van der Waals surface area (Å²) < 4.78 is 0. The fraction of sp³-hybridized carbons (Fsp3) is 0.125. The summed E-state index contributed by atoms with van der Waals surface area (Å²) in [7, 11) is 0. The first-order valence-corrected chi connectivity index (χ1v) is 13.1. The van der Waals surface area contributed by atoms with Crippen molar-refractivity contribution in [1.29, 1.82) is 10.5 Å². The van der Waals surface area contributed by atoms with Gasteiger partial charge < -0.3 is 4.90 Å². The Hall–Kier alpha value is -4.78. The van der Waals surface area contributed by atoms with Crippen molar-refractivity contribution in [1.82, 2.24) is 10.2 Å². The number of benzene rings is 4. The van der Waals surface area contributed by atoms with Gasteiger partial charge in [0.25, 0.3) is 0 Å². The molecular formula is C32H23N5S. The lowest BCUT2D eigenvalue weighted by atomic mass is 9.87. The van der Waals surface area contributed by atoms with Crippen molar-refractivity contribution >= 4 is 45.2 Å². The Morgan fingerprint density at radius 3 is 2.29 bits per heavy atom. The van der Waals surface area contributed by atoms with Crippen LogP contribution in [0.2, 0.25) is 0 Å². The molecule has 0 fully saturated rings. The molecule has 0 aliphatic carbocycles. The van der Waals surface area contributed by atoms with E-state index < -0.39 is 0 Å². The van der Waals surface area contributed by atoms with Gasteiger partial charge in [0, 0.05) is 28.3 Å². The maximum absolute atomic E-state index is 9.13. The van der Waals surface area contributed by atoms with Gasteiger partial charge in [-0.1, -0.05) is 35.6 Å². The number of hydrogen-bond donors (Lipinski definition) is 0. The van der Waals surface area contributed by atoms with Crippen LogP contribution in [0.5, 0.6) is 0 Å². The molecule has 0 spiro atoms. The third kappa shape index (κ3) is 3.66. The van der Waals surface area contributed by atoms with Crippen LogP contribution in [0.15, 0.2) is 66.2 Å². The lowest BCUT2D eigenvalue weighted by molar-refractivity contribution is 1.08. The molecule has 0 radical (unpaired) electrons. The molecule has 0 saturated heterocycles. The van der Waals surface area contributed by atoms with E-state index in [4.69, 9.17) is 10.5 Å². The number of aryl methyl sites for hydroxylation is 4. The highest BCUT2D eigenvalue weighted by Crippen LogP contribution is 2.53. The van der Waals surface area contributed by atoms with Crippen LogP contribution in [-0.2, 0) is 0 Å². The molecule has 6 rings (SSSR count). The smallest absolute Gasteiger partial charge is 0.148 e. The molecule has 0 bridgehead atoms. The Kier molecular flexibility index (Phi) is 5.56. The summed E-state index contributed by atoms with van der Waals surface area (Å²) in [6.07, 6.45) is 1.48. The maximum Gasteiger partial charge on any atom is 0.148 e. The van der Waals surface area contributed by atoms with Gasteiger partial charge in [-0.15, -0.1) is 10.2 Å². The first-order chi connectivity index (χ1) is 18.4. The molecule has 38 heavy (non-hydrogen) atoms. The lowest BCUT2D eigenvalue weighted by Gasteiger charge is -2.35. The number of allylic oxidation sites excluding steroid dienone is 1. The van der Waals surface area contributed by atoms with Crippen LogP contribution in [-0.4, -0.2) is 10.2 Å². The molecule has 6 heteroatoms. The summed E-state index contributed by atoms with van der Waals surface area (Å²) in [6, 6.07) is 25.7. The van der Waals surface area contributed by atoms with Gasteiger partial charge in [-0.25, -0.2) is 0 Å². The van der Waals surface area contributed by atoms with Crippen LogP contribution in [0, 0.1) is 50.4 Å². The fourth-order valence-corrected chi connectivity index (χ4v) is 5.90. The van der Waals surface area contributed by atoms with Gasteiger partial charge in [-0.2, -0.15) is 10.5 Å². The maximum atomic E-state index is 9.13. The summed E-state index contributed by atoms with van der Waals surface area (Å²) in [6.45, 7) is 8.62. The number of fused-ring (bicyclic) bond motifs is 2. The SMILES string of the molecule is Cc1ccc(N2c3cc(C)c(C)cc3-c3cccc4c(-c5nnc(C=C(C#N)C#N)s5)ccc2c34)cc1C. The zero-order valence-corrected chi connectivity index (χ0v) is 22.3. The first-order valence-electron chi connectivity index (χ1n) is 12.3. The van der Waals surface area contributed by atoms with Crippen LogP contribution in [0.3, 0.4) is 0 Å². The number of hydrogen-bond acceptors (Lipinski definition) is 6. The second kappa shape index (κ2) is 8.95. The van der Waals surface area contributed by atoms with E-state index in [0.717, 1.165) is 27.3 Å². The largest absolute Gasteiger partial charge is 0.309 e. The van der Waals surface area contributed by atoms with Crippen LogP contribution in [0.1, 0.15) is 27.3 Å². The van der Waals surface area contributed by atoms with Crippen molar-refractivity contribution in [2.45, 2.75) is 27.7 Å². The minimum atomic E-state index is 0.0101. The van der Waals surface area contributed by atoms with Gasteiger partial charge in [-0.3, -0.25) is 0 Å². The van der Waals surface area contributed by atoms with Crippen LogP contribution < -0.4 is 4.90 Å². The van der Waals surface area contributed by atoms with Gasteiger partial charge in [-0.05, 0) is 97.3 Å². The van der Waals surface area contributed by atoms with Crippen LogP contribution in [0.4, 0.5) is 17.1 Å². The molecule has 0 saturated carbocycles. The van der Waals surface area contributed by atoms with Gasteiger partial charge in [0.15, 0.2) is 0 Å². The molecule has 5 nitrogen and oxygen atoms in total. The molecule has 0 unspecified atom stereocenters. The zero-order valence-electron chi connectivity index (χ0n) is 21.5. The van der Waals surface area contributed by atoms with E-state index in [1.807, 2.05) is 12.1 Å². The highest BCUT2D eigenvalue weighted by Gasteiger charge is 2.28. The summed E-state index contributed by atoms with van der Waals surface area (Å²) in [4.78, 5) is 2.37. The van der Waals surface area contributed by atoms with E-state index in [1.54, 1.807) is 0 Å². The van der Waals surface area contributed by atoms with Crippen molar-refractivity contribution in [3.05, 3.63) is 93.5 Å².